The van der Waals surface area contributed by atoms with Gasteiger partial charge in [0.25, 0.3) is 0 Å². The number of nitrogens with one attached hydrogen (secondary N) is 4. The molecule has 0 aliphatic rings. The van der Waals surface area contributed by atoms with Gasteiger partial charge >= 0.3 is 12.1 Å². The minimum absolute atomic E-state index is 0.0209. The molecule has 292 valence electrons. The van der Waals surface area contributed by atoms with E-state index < -0.39 is 59.6 Å². The first-order valence-corrected chi connectivity index (χ1v) is 18.0. The lowest BCUT2D eigenvalue weighted by molar-refractivity contribution is -0.145. The van der Waals surface area contributed by atoms with Crippen molar-refractivity contribution in [1.82, 2.24) is 21.3 Å². The van der Waals surface area contributed by atoms with E-state index >= 15 is 0 Å². The van der Waals surface area contributed by atoms with Crippen molar-refractivity contribution in [2.75, 3.05) is 13.7 Å². The Bertz CT molecular complexity index is 1640. The van der Waals surface area contributed by atoms with Gasteiger partial charge < -0.3 is 40.2 Å². The Morgan fingerprint density at radius 3 is 1.74 bits per heavy atom. The first-order valence-electron chi connectivity index (χ1n) is 18.0. The van der Waals surface area contributed by atoms with E-state index in [1.54, 1.807) is 45.0 Å². The second-order valence-electron chi connectivity index (χ2n) is 14.3. The molecular weight excluding hydrogens is 692 g/mol. The molecule has 3 aromatic carbocycles. The van der Waals surface area contributed by atoms with Crippen LogP contribution in [0.15, 0.2) is 84.9 Å². The minimum atomic E-state index is -1.25. The van der Waals surface area contributed by atoms with E-state index in [0.717, 1.165) is 11.1 Å². The monoisotopic (exact) mass is 746 g/mol. The maximum atomic E-state index is 13.8. The van der Waals surface area contributed by atoms with Crippen molar-refractivity contribution in [2.24, 2.45) is 5.92 Å². The van der Waals surface area contributed by atoms with Gasteiger partial charge in [0.05, 0.1) is 20.3 Å². The lowest BCUT2D eigenvalue weighted by Gasteiger charge is -2.26. The normalized spacial score (nSPS) is 13.4. The van der Waals surface area contributed by atoms with Gasteiger partial charge in [0.1, 0.15) is 42.1 Å². The van der Waals surface area contributed by atoms with Gasteiger partial charge in [-0.25, -0.2) is 9.59 Å². The molecule has 4 amide bonds. The van der Waals surface area contributed by atoms with Gasteiger partial charge in [-0.15, -0.1) is 0 Å². The number of amides is 4. The molecule has 0 aliphatic carbocycles. The fourth-order valence-electron chi connectivity index (χ4n) is 5.19. The number of rotatable bonds is 19. The van der Waals surface area contributed by atoms with Crippen molar-refractivity contribution in [3.63, 3.8) is 0 Å². The third kappa shape index (κ3) is 15.7. The molecule has 0 saturated carbocycles. The molecule has 0 bridgehead atoms. The molecule has 0 unspecified atom stereocenters. The third-order valence-corrected chi connectivity index (χ3v) is 7.91. The van der Waals surface area contributed by atoms with Gasteiger partial charge in [-0.1, -0.05) is 86.6 Å². The van der Waals surface area contributed by atoms with Crippen LogP contribution in [0.2, 0.25) is 0 Å². The van der Waals surface area contributed by atoms with Crippen LogP contribution in [0, 0.1) is 5.92 Å². The van der Waals surface area contributed by atoms with Crippen LogP contribution in [0.1, 0.15) is 64.7 Å². The summed E-state index contributed by atoms with van der Waals surface area (Å²) in [6, 6.07) is 21.6. The lowest BCUT2D eigenvalue weighted by atomic mass is 10.0. The summed E-state index contributed by atoms with van der Waals surface area (Å²) in [6.07, 6.45) is -0.487. The largest absolute Gasteiger partial charge is 0.489 e. The van der Waals surface area contributed by atoms with Crippen LogP contribution in [-0.2, 0) is 53.0 Å². The third-order valence-electron chi connectivity index (χ3n) is 7.91. The molecule has 0 aliphatic heterocycles. The summed E-state index contributed by atoms with van der Waals surface area (Å²) in [5, 5.41) is 10.6. The van der Waals surface area contributed by atoms with E-state index in [1.807, 2.05) is 74.5 Å². The second kappa shape index (κ2) is 21.3. The van der Waals surface area contributed by atoms with Gasteiger partial charge in [0, 0.05) is 6.42 Å². The van der Waals surface area contributed by atoms with Crippen LogP contribution in [0.5, 0.6) is 5.75 Å². The van der Waals surface area contributed by atoms with Crippen molar-refractivity contribution < 1.29 is 42.9 Å². The molecular formula is C41H54N4O9. The summed E-state index contributed by atoms with van der Waals surface area (Å²) < 4.78 is 22.0. The number of hydrogen-bond donors (Lipinski definition) is 4. The quantitative estimate of drug-likeness (QED) is 0.128. The molecule has 4 atom stereocenters. The van der Waals surface area contributed by atoms with Crippen molar-refractivity contribution in [2.45, 2.75) is 97.4 Å². The molecule has 0 fully saturated rings. The minimum Gasteiger partial charge on any atom is -0.489 e. The zero-order valence-electron chi connectivity index (χ0n) is 32.2. The Hall–Kier alpha value is -5.43. The number of benzene rings is 3. The molecule has 13 heteroatoms. The number of carbonyl (C=O) groups is 5. The topological polar surface area (TPSA) is 170 Å². The van der Waals surface area contributed by atoms with E-state index in [2.05, 4.69) is 21.3 Å². The summed E-state index contributed by atoms with van der Waals surface area (Å²) in [4.78, 5) is 66.0. The first kappa shape index (κ1) is 43.0. The number of carbonyl (C=O) groups excluding carboxylic acids is 5. The number of hydrogen-bond acceptors (Lipinski definition) is 9. The van der Waals surface area contributed by atoms with Crippen molar-refractivity contribution in [3.8, 4) is 5.75 Å². The summed E-state index contributed by atoms with van der Waals surface area (Å²) in [5.41, 5.74) is 1.70. The van der Waals surface area contributed by atoms with Gasteiger partial charge in [0.2, 0.25) is 17.7 Å². The maximum Gasteiger partial charge on any atom is 0.408 e. The van der Waals surface area contributed by atoms with E-state index in [1.165, 1.54) is 14.0 Å². The number of methoxy groups -OCH3 is 1. The molecule has 54 heavy (non-hydrogen) atoms. The van der Waals surface area contributed by atoms with Crippen LogP contribution in [0.4, 0.5) is 4.79 Å². The molecule has 3 rings (SSSR count). The van der Waals surface area contributed by atoms with Crippen molar-refractivity contribution in [3.05, 3.63) is 102 Å². The van der Waals surface area contributed by atoms with Crippen molar-refractivity contribution in [1.29, 1.82) is 0 Å². The molecule has 0 heterocycles. The Labute approximate surface area is 317 Å². The second-order valence-corrected chi connectivity index (χ2v) is 14.3. The van der Waals surface area contributed by atoms with Gasteiger partial charge in [0.15, 0.2) is 0 Å². The Morgan fingerprint density at radius 2 is 1.19 bits per heavy atom. The van der Waals surface area contributed by atoms with E-state index in [0.29, 0.717) is 24.3 Å². The zero-order valence-corrected chi connectivity index (χ0v) is 32.2. The highest BCUT2D eigenvalue weighted by Crippen LogP contribution is 2.16. The highest BCUT2D eigenvalue weighted by molar-refractivity contribution is 5.94. The standard InChI is InChI=1S/C41H54N4O9/c1-27(2)22-34(39(49)51-7)44-36(46)28(3)42-37(47)33(23-29-18-20-32(21-19-29)53-25-31-16-12-9-13-17-31)43-38(48)35(45-40(50)54-41(4,5)6)26-52-24-30-14-10-8-11-15-30/h8-21,27-28,33-35H,22-26H2,1-7H3,(H,42,47)(H,43,48)(H,44,46)(H,45,50)/t28-,33-,34-,35-/m1/s1. The van der Waals surface area contributed by atoms with Gasteiger partial charge in [-0.2, -0.15) is 0 Å². The Balaban J connectivity index is 1.81. The molecule has 3 aromatic rings. The molecule has 0 saturated heterocycles. The molecule has 4 N–H and O–H groups in total. The fourth-order valence-corrected chi connectivity index (χ4v) is 5.19. The van der Waals surface area contributed by atoms with Crippen LogP contribution in [0.25, 0.3) is 0 Å². The molecule has 0 spiro atoms. The molecule has 13 nitrogen and oxygen atoms in total. The fraction of sp³-hybridized carbons (Fsp3) is 0.439. The van der Waals surface area contributed by atoms with Crippen LogP contribution in [-0.4, -0.2) is 73.3 Å². The number of ether oxygens (including phenoxy) is 4. The zero-order chi connectivity index (χ0) is 39.7. The van der Waals surface area contributed by atoms with Crippen molar-refractivity contribution >= 4 is 29.8 Å². The Kier molecular flexibility index (Phi) is 17.0. The summed E-state index contributed by atoms with van der Waals surface area (Å²) >= 11 is 0. The summed E-state index contributed by atoms with van der Waals surface area (Å²) in [7, 11) is 1.24. The smallest absolute Gasteiger partial charge is 0.408 e. The Morgan fingerprint density at radius 1 is 0.630 bits per heavy atom. The average Bonchev–Trinajstić information content (AvgIpc) is 3.13. The summed E-state index contributed by atoms with van der Waals surface area (Å²) in [6.45, 7) is 10.7. The average molecular weight is 747 g/mol. The van der Waals surface area contributed by atoms with E-state index in [9.17, 15) is 24.0 Å². The van der Waals surface area contributed by atoms with Gasteiger partial charge in [-0.05, 0) is 68.9 Å². The van der Waals surface area contributed by atoms with Crippen LogP contribution >= 0.6 is 0 Å². The number of esters is 1. The van der Waals surface area contributed by atoms with Gasteiger partial charge in [-0.3, -0.25) is 14.4 Å². The van der Waals surface area contributed by atoms with Crippen LogP contribution < -0.4 is 26.0 Å². The number of alkyl carbamates (subject to hydrolysis) is 1. The van der Waals surface area contributed by atoms with Crippen LogP contribution in [0.3, 0.4) is 0 Å². The summed E-state index contributed by atoms with van der Waals surface area (Å²) in [5.74, 6) is -1.91. The maximum absolute atomic E-state index is 13.8. The SMILES string of the molecule is COC(=O)[C@@H](CC(C)C)NC(=O)[C@@H](C)NC(=O)[C@@H](Cc1ccc(OCc2ccccc2)cc1)NC(=O)[C@@H](COCc1ccccc1)NC(=O)OC(C)(C)C. The predicted molar refractivity (Wildman–Crippen MR) is 203 cm³/mol. The predicted octanol–water partition coefficient (Wildman–Crippen LogP) is 4.61. The molecule has 0 aromatic heterocycles. The molecule has 0 radical (unpaired) electrons. The van der Waals surface area contributed by atoms with E-state index in [-0.39, 0.29) is 25.6 Å². The lowest BCUT2D eigenvalue weighted by Crippen LogP contribution is -2.58. The highest BCUT2D eigenvalue weighted by atomic mass is 16.6. The van der Waals surface area contributed by atoms with E-state index in [4.69, 9.17) is 18.9 Å². The highest BCUT2D eigenvalue weighted by Gasteiger charge is 2.31. The first-order chi connectivity index (χ1) is 25.6.